The lowest BCUT2D eigenvalue weighted by Gasteiger charge is -2.21. The minimum absolute atomic E-state index is 0.240. The van der Waals surface area contributed by atoms with Gasteiger partial charge in [0.05, 0.1) is 13.2 Å². The average Bonchev–Trinajstić information content (AvgIpc) is 2.34. The molecule has 0 amide bonds. The molecule has 0 N–H and O–H groups in total. The van der Waals surface area contributed by atoms with Crippen LogP contribution in [-0.2, 0) is 19.1 Å². The standard InChI is InChI=1S/C13H22O4S/c1-5-10(8-9-18-4)11(12(14)16-6-2)13(15)17-7-3/h5,10-11H,1,6-9H2,2-4H3. The Labute approximate surface area is 113 Å². The molecule has 4 nitrogen and oxygen atoms in total. The Morgan fingerprint density at radius 3 is 2.06 bits per heavy atom. The maximum Gasteiger partial charge on any atom is 0.320 e. The van der Waals surface area contributed by atoms with Crippen molar-refractivity contribution in [3.63, 3.8) is 0 Å². The topological polar surface area (TPSA) is 52.6 Å². The summed E-state index contributed by atoms with van der Waals surface area (Å²) < 4.78 is 9.88. The summed E-state index contributed by atoms with van der Waals surface area (Å²) in [6, 6.07) is 0. The van der Waals surface area contributed by atoms with E-state index in [1.54, 1.807) is 31.7 Å². The van der Waals surface area contributed by atoms with E-state index < -0.39 is 17.9 Å². The summed E-state index contributed by atoms with van der Waals surface area (Å²) in [4.78, 5) is 23.7. The van der Waals surface area contributed by atoms with Crippen LogP contribution < -0.4 is 0 Å². The highest BCUT2D eigenvalue weighted by atomic mass is 32.2. The van der Waals surface area contributed by atoms with Crippen LogP contribution in [0, 0.1) is 11.8 Å². The van der Waals surface area contributed by atoms with Crippen molar-refractivity contribution in [3.05, 3.63) is 12.7 Å². The number of carbonyl (C=O) groups excluding carboxylic acids is 2. The molecule has 1 unspecified atom stereocenters. The molecule has 0 aromatic carbocycles. The molecule has 0 aromatic rings. The van der Waals surface area contributed by atoms with Gasteiger partial charge in [0.2, 0.25) is 0 Å². The lowest BCUT2D eigenvalue weighted by atomic mass is 9.90. The first-order chi connectivity index (χ1) is 8.62. The zero-order valence-corrected chi connectivity index (χ0v) is 12.1. The van der Waals surface area contributed by atoms with E-state index in [1.165, 1.54) is 0 Å². The van der Waals surface area contributed by atoms with E-state index in [1.807, 2.05) is 6.26 Å². The number of thioether (sulfide) groups is 1. The van der Waals surface area contributed by atoms with Crippen LogP contribution in [0.2, 0.25) is 0 Å². The molecule has 0 heterocycles. The molecule has 0 rings (SSSR count). The lowest BCUT2D eigenvalue weighted by molar-refractivity contribution is -0.163. The Kier molecular flexibility index (Phi) is 9.46. The zero-order chi connectivity index (χ0) is 14.0. The predicted molar refractivity (Wildman–Crippen MR) is 73.4 cm³/mol. The van der Waals surface area contributed by atoms with Gasteiger partial charge in [-0.25, -0.2) is 0 Å². The summed E-state index contributed by atoms with van der Waals surface area (Å²) in [5.41, 5.74) is 0. The van der Waals surface area contributed by atoms with Crippen molar-refractivity contribution < 1.29 is 19.1 Å². The summed E-state index contributed by atoms with van der Waals surface area (Å²) in [6.07, 6.45) is 4.31. The smallest absolute Gasteiger partial charge is 0.320 e. The third-order valence-corrected chi connectivity index (χ3v) is 3.11. The molecule has 0 aliphatic rings. The van der Waals surface area contributed by atoms with E-state index in [0.717, 1.165) is 5.75 Å². The molecular formula is C13H22O4S. The molecule has 0 bridgehead atoms. The van der Waals surface area contributed by atoms with Crippen LogP contribution in [0.15, 0.2) is 12.7 Å². The Morgan fingerprint density at radius 2 is 1.72 bits per heavy atom. The normalized spacial score (nSPS) is 12.0. The molecular weight excluding hydrogens is 252 g/mol. The summed E-state index contributed by atoms with van der Waals surface area (Å²) in [7, 11) is 0. The summed E-state index contributed by atoms with van der Waals surface area (Å²) in [6.45, 7) is 7.62. The quantitative estimate of drug-likeness (QED) is 0.367. The van der Waals surface area contributed by atoms with Crippen LogP contribution in [0.4, 0.5) is 0 Å². The Hall–Kier alpha value is -0.970. The van der Waals surface area contributed by atoms with Crippen LogP contribution in [0.3, 0.4) is 0 Å². The monoisotopic (exact) mass is 274 g/mol. The summed E-state index contributed by atoms with van der Waals surface area (Å²) in [5.74, 6) is -1.33. The maximum absolute atomic E-state index is 11.8. The van der Waals surface area contributed by atoms with E-state index >= 15 is 0 Å². The first-order valence-corrected chi connectivity index (χ1v) is 7.46. The molecule has 0 saturated heterocycles. The number of carbonyl (C=O) groups is 2. The van der Waals surface area contributed by atoms with Crippen molar-refractivity contribution in [2.24, 2.45) is 11.8 Å². The van der Waals surface area contributed by atoms with Crippen molar-refractivity contribution in [1.82, 2.24) is 0 Å². The molecule has 5 heteroatoms. The molecule has 18 heavy (non-hydrogen) atoms. The maximum atomic E-state index is 11.8. The second kappa shape index (κ2) is 10.00. The first-order valence-electron chi connectivity index (χ1n) is 6.07. The number of esters is 2. The minimum Gasteiger partial charge on any atom is -0.465 e. The van der Waals surface area contributed by atoms with Gasteiger partial charge in [0.25, 0.3) is 0 Å². The van der Waals surface area contributed by atoms with E-state index in [-0.39, 0.29) is 19.1 Å². The van der Waals surface area contributed by atoms with Crippen molar-refractivity contribution in [3.8, 4) is 0 Å². The Morgan fingerprint density at radius 1 is 1.22 bits per heavy atom. The summed E-state index contributed by atoms with van der Waals surface area (Å²) >= 11 is 1.66. The average molecular weight is 274 g/mol. The van der Waals surface area contributed by atoms with Crippen LogP contribution >= 0.6 is 11.8 Å². The van der Waals surface area contributed by atoms with Gasteiger partial charge < -0.3 is 9.47 Å². The number of allylic oxidation sites excluding steroid dienone is 1. The van der Waals surface area contributed by atoms with Gasteiger partial charge in [0.15, 0.2) is 5.92 Å². The minimum atomic E-state index is -0.894. The molecule has 0 saturated carbocycles. The highest BCUT2D eigenvalue weighted by Crippen LogP contribution is 2.22. The third kappa shape index (κ3) is 5.58. The molecule has 0 fully saturated rings. The van der Waals surface area contributed by atoms with Crippen molar-refractivity contribution in [2.45, 2.75) is 20.3 Å². The highest BCUT2D eigenvalue weighted by Gasteiger charge is 2.35. The van der Waals surface area contributed by atoms with Gasteiger partial charge in [0.1, 0.15) is 0 Å². The molecule has 0 radical (unpaired) electrons. The fourth-order valence-electron chi connectivity index (χ4n) is 1.58. The van der Waals surface area contributed by atoms with Gasteiger partial charge in [-0.3, -0.25) is 9.59 Å². The number of hydrogen-bond acceptors (Lipinski definition) is 5. The van der Waals surface area contributed by atoms with Crippen molar-refractivity contribution in [2.75, 3.05) is 25.2 Å². The predicted octanol–water partition coefficient (Wildman–Crippen LogP) is 2.28. The number of ether oxygens (including phenoxy) is 2. The van der Waals surface area contributed by atoms with Crippen LogP contribution in [-0.4, -0.2) is 37.2 Å². The summed E-state index contributed by atoms with van der Waals surface area (Å²) in [5, 5.41) is 0. The van der Waals surface area contributed by atoms with Crippen LogP contribution in [0.5, 0.6) is 0 Å². The van der Waals surface area contributed by atoms with Crippen LogP contribution in [0.1, 0.15) is 20.3 Å². The van der Waals surface area contributed by atoms with E-state index in [9.17, 15) is 9.59 Å². The highest BCUT2D eigenvalue weighted by molar-refractivity contribution is 7.98. The van der Waals surface area contributed by atoms with E-state index in [2.05, 4.69) is 6.58 Å². The fourth-order valence-corrected chi connectivity index (χ4v) is 2.09. The number of hydrogen-bond donors (Lipinski definition) is 0. The molecule has 0 aromatic heterocycles. The van der Waals surface area contributed by atoms with Gasteiger partial charge in [0, 0.05) is 5.92 Å². The Balaban J connectivity index is 4.85. The first kappa shape index (κ1) is 17.0. The van der Waals surface area contributed by atoms with Crippen molar-refractivity contribution >= 4 is 23.7 Å². The lowest BCUT2D eigenvalue weighted by Crippen LogP contribution is -2.34. The Bertz CT molecular complexity index is 260. The largest absolute Gasteiger partial charge is 0.465 e. The SMILES string of the molecule is C=CC(CCSC)C(C(=O)OCC)C(=O)OCC. The van der Waals surface area contributed by atoms with Gasteiger partial charge in [-0.05, 0) is 32.3 Å². The van der Waals surface area contributed by atoms with Gasteiger partial charge in [-0.1, -0.05) is 6.08 Å². The molecule has 104 valence electrons. The zero-order valence-electron chi connectivity index (χ0n) is 11.3. The van der Waals surface area contributed by atoms with Gasteiger partial charge in [-0.15, -0.1) is 6.58 Å². The second-order valence-corrected chi connectivity index (χ2v) is 4.65. The third-order valence-electron chi connectivity index (χ3n) is 2.47. The van der Waals surface area contributed by atoms with Gasteiger partial charge in [-0.2, -0.15) is 11.8 Å². The molecule has 0 aliphatic carbocycles. The van der Waals surface area contributed by atoms with Crippen molar-refractivity contribution in [1.29, 1.82) is 0 Å². The van der Waals surface area contributed by atoms with E-state index in [0.29, 0.717) is 6.42 Å². The number of rotatable bonds is 9. The molecule has 1 atom stereocenters. The molecule has 0 aliphatic heterocycles. The molecule has 0 spiro atoms. The second-order valence-electron chi connectivity index (χ2n) is 3.66. The fraction of sp³-hybridized carbons (Fsp3) is 0.692. The van der Waals surface area contributed by atoms with E-state index in [4.69, 9.17) is 9.47 Å². The van der Waals surface area contributed by atoms with Crippen LogP contribution in [0.25, 0.3) is 0 Å². The van der Waals surface area contributed by atoms with Gasteiger partial charge >= 0.3 is 11.9 Å².